The molecular formula is C13H22N2O2. The van der Waals surface area contributed by atoms with Gasteiger partial charge in [0.2, 0.25) is 11.8 Å². The van der Waals surface area contributed by atoms with Crippen LogP contribution in [0, 0.1) is 5.92 Å². The molecule has 4 nitrogen and oxygen atoms in total. The quantitative estimate of drug-likeness (QED) is 0.802. The molecule has 2 rings (SSSR count). The van der Waals surface area contributed by atoms with Crippen molar-refractivity contribution in [2.24, 2.45) is 5.92 Å². The van der Waals surface area contributed by atoms with Gasteiger partial charge in [-0.25, -0.2) is 0 Å². The highest BCUT2D eigenvalue weighted by Gasteiger charge is 2.44. The third kappa shape index (κ3) is 2.17. The zero-order valence-electron chi connectivity index (χ0n) is 10.9. The summed E-state index contributed by atoms with van der Waals surface area (Å²) in [4.78, 5) is 26.2. The van der Waals surface area contributed by atoms with Crippen LogP contribution >= 0.6 is 0 Å². The van der Waals surface area contributed by atoms with Gasteiger partial charge in [0.15, 0.2) is 0 Å². The van der Waals surface area contributed by atoms with Gasteiger partial charge in [-0.15, -0.1) is 0 Å². The Morgan fingerprint density at radius 3 is 2.41 bits per heavy atom. The predicted octanol–water partition coefficient (Wildman–Crippen LogP) is 1.30. The number of rotatable bonds is 4. The number of hydrogen-bond acceptors (Lipinski definition) is 2. The second kappa shape index (κ2) is 4.67. The lowest BCUT2D eigenvalue weighted by molar-refractivity contribution is -0.152. The molecule has 1 saturated carbocycles. The molecule has 1 aliphatic heterocycles. The smallest absolute Gasteiger partial charge is 0.246 e. The number of amides is 2. The van der Waals surface area contributed by atoms with Gasteiger partial charge in [-0.3, -0.25) is 9.59 Å². The van der Waals surface area contributed by atoms with Gasteiger partial charge in [0, 0.05) is 6.04 Å². The molecule has 1 aliphatic carbocycles. The van der Waals surface area contributed by atoms with Crippen LogP contribution in [-0.4, -0.2) is 34.8 Å². The first kappa shape index (κ1) is 12.4. The van der Waals surface area contributed by atoms with E-state index in [0.717, 1.165) is 0 Å². The molecule has 1 heterocycles. The summed E-state index contributed by atoms with van der Waals surface area (Å²) >= 11 is 0. The van der Waals surface area contributed by atoms with Crippen LogP contribution in [0.15, 0.2) is 0 Å². The Hall–Kier alpha value is -1.06. The van der Waals surface area contributed by atoms with E-state index in [9.17, 15) is 9.59 Å². The van der Waals surface area contributed by atoms with E-state index in [-0.39, 0.29) is 29.9 Å². The van der Waals surface area contributed by atoms with E-state index in [1.807, 2.05) is 18.7 Å². The third-order valence-electron chi connectivity index (χ3n) is 4.05. The molecule has 0 aromatic carbocycles. The SMILES string of the molecule is CCC1NC(=O)C(CC)N(C(C)C2CC2)C1=O. The molecule has 1 N–H and O–H groups in total. The van der Waals surface area contributed by atoms with E-state index < -0.39 is 0 Å². The summed E-state index contributed by atoms with van der Waals surface area (Å²) in [6, 6.07) is -0.361. The van der Waals surface area contributed by atoms with Crippen molar-refractivity contribution in [1.29, 1.82) is 0 Å². The zero-order valence-corrected chi connectivity index (χ0v) is 10.9. The van der Waals surface area contributed by atoms with Crippen molar-refractivity contribution in [3.8, 4) is 0 Å². The van der Waals surface area contributed by atoms with Crippen molar-refractivity contribution in [2.45, 2.75) is 64.6 Å². The van der Waals surface area contributed by atoms with Gasteiger partial charge in [0.25, 0.3) is 0 Å². The van der Waals surface area contributed by atoms with E-state index >= 15 is 0 Å². The monoisotopic (exact) mass is 238 g/mol. The Bertz CT molecular complexity index is 325. The molecule has 0 aromatic heterocycles. The van der Waals surface area contributed by atoms with Crippen LogP contribution in [0.2, 0.25) is 0 Å². The minimum Gasteiger partial charge on any atom is -0.343 e. The average Bonchev–Trinajstić information content (AvgIpc) is 3.14. The Labute approximate surface area is 103 Å². The van der Waals surface area contributed by atoms with Crippen LogP contribution in [0.5, 0.6) is 0 Å². The van der Waals surface area contributed by atoms with Crippen LogP contribution in [0.4, 0.5) is 0 Å². The number of carbonyl (C=O) groups is 2. The first-order valence-corrected chi connectivity index (χ1v) is 6.72. The molecule has 1 saturated heterocycles. The minimum absolute atomic E-state index is 0.0199. The van der Waals surface area contributed by atoms with Crippen LogP contribution in [0.1, 0.15) is 46.5 Å². The summed E-state index contributed by atoms with van der Waals surface area (Å²) in [5.74, 6) is 0.737. The molecule has 2 aliphatic rings. The van der Waals surface area contributed by atoms with Crippen molar-refractivity contribution in [1.82, 2.24) is 10.2 Å². The molecule has 0 radical (unpaired) electrons. The van der Waals surface area contributed by atoms with Crippen LogP contribution in [0.3, 0.4) is 0 Å². The highest BCUT2D eigenvalue weighted by molar-refractivity contribution is 5.97. The fourth-order valence-electron chi connectivity index (χ4n) is 2.74. The standard InChI is InChI=1S/C13H22N2O2/c1-4-10-13(17)15(8(3)9-6-7-9)11(5-2)12(16)14-10/h8-11H,4-7H2,1-3H3,(H,14,16). The van der Waals surface area contributed by atoms with Gasteiger partial charge in [0.1, 0.15) is 12.1 Å². The van der Waals surface area contributed by atoms with Gasteiger partial charge in [0.05, 0.1) is 0 Å². The van der Waals surface area contributed by atoms with Crippen molar-refractivity contribution >= 4 is 11.8 Å². The molecule has 17 heavy (non-hydrogen) atoms. The Morgan fingerprint density at radius 1 is 1.29 bits per heavy atom. The minimum atomic E-state index is -0.313. The molecule has 0 aromatic rings. The third-order valence-corrected chi connectivity index (χ3v) is 4.05. The van der Waals surface area contributed by atoms with Crippen molar-refractivity contribution in [2.75, 3.05) is 0 Å². The number of piperazine rings is 1. The van der Waals surface area contributed by atoms with E-state index in [0.29, 0.717) is 18.8 Å². The van der Waals surface area contributed by atoms with E-state index in [2.05, 4.69) is 12.2 Å². The van der Waals surface area contributed by atoms with Crippen LogP contribution in [-0.2, 0) is 9.59 Å². The summed E-state index contributed by atoms with van der Waals surface area (Å²) in [6.07, 6.45) is 3.76. The van der Waals surface area contributed by atoms with Crippen molar-refractivity contribution in [3.63, 3.8) is 0 Å². The second-order valence-corrected chi connectivity index (χ2v) is 5.22. The molecule has 0 bridgehead atoms. The largest absolute Gasteiger partial charge is 0.343 e. The maximum atomic E-state index is 12.4. The normalized spacial score (nSPS) is 31.4. The highest BCUT2D eigenvalue weighted by Crippen LogP contribution is 2.37. The lowest BCUT2D eigenvalue weighted by atomic mass is 9.99. The van der Waals surface area contributed by atoms with Crippen molar-refractivity contribution in [3.05, 3.63) is 0 Å². The fraction of sp³-hybridized carbons (Fsp3) is 0.846. The second-order valence-electron chi connectivity index (χ2n) is 5.22. The van der Waals surface area contributed by atoms with Gasteiger partial charge >= 0.3 is 0 Å². The predicted molar refractivity (Wildman–Crippen MR) is 65.3 cm³/mol. The summed E-state index contributed by atoms with van der Waals surface area (Å²) in [5, 5.41) is 2.83. The van der Waals surface area contributed by atoms with E-state index in [1.165, 1.54) is 12.8 Å². The zero-order chi connectivity index (χ0) is 12.6. The Morgan fingerprint density at radius 2 is 1.94 bits per heavy atom. The lowest BCUT2D eigenvalue weighted by Gasteiger charge is -2.42. The lowest BCUT2D eigenvalue weighted by Crippen LogP contribution is -2.65. The molecule has 2 amide bonds. The average molecular weight is 238 g/mol. The van der Waals surface area contributed by atoms with Gasteiger partial charge in [-0.05, 0) is 38.5 Å². The maximum Gasteiger partial charge on any atom is 0.246 e. The van der Waals surface area contributed by atoms with Gasteiger partial charge in [-0.2, -0.15) is 0 Å². The van der Waals surface area contributed by atoms with Gasteiger partial charge in [-0.1, -0.05) is 13.8 Å². The van der Waals surface area contributed by atoms with Crippen molar-refractivity contribution < 1.29 is 9.59 Å². The first-order valence-electron chi connectivity index (χ1n) is 6.72. The summed E-state index contributed by atoms with van der Waals surface area (Å²) in [6.45, 7) is 6.00. The summed E-state index contributed by atoms with van der Waals surface area (Å²) < 4.78 is 0. The molecule has 3 atom stereocenters. The topological polar surface area (TPSA) is 49.4 Å². The number of nitrogens with zero attached hydrogens (tertiary/aromatic N) is 1. The first-order chi connectivity index (χ1) is 8.10. The summed E-state index contributed by atoms with van der Waals surface area (Å²) in [5.41, 5.74) is 0. The number of hydrogen-bond donors (Lipinski definition) is 1. The number of nitrogens with one attached hydrogen (secondary N) is 1. The molecular weight excluding hydrogens is 216 g/mol. The number of carbonyl (C=O) groups excluding carboxylic acids is 2. The Balaban J connectivity index is 2.21. The molecule has 0 spiro atoms. The van der Waals surface area contributed by atoms with E-state index in [4.69, 9.17) is 0 Å². The summed E-state index contributed by atoms with van der Waals surface area (Å²) in [7, 11) is 0. The molecule has 4 heteroatoms. The molecule has 3 unspecified atom stereocenters. The molecule has 96 valence electrons. The molecule has 2 fully saturated rings. The van der Waals surface area contributed by atoms with Crippen LogP contribution < -0.4 is 5.32 Å². The maximum absolute atomic E-state index is 12.4. The highest BCUT2D eigenvalue weighted by atomic mass is 16.2. The van der Waals surface area contributed by atoms with Crippen LogP contribution in [0.25, 0.3) is 0 Å². The Kier molecular flexibility index (Phi) is 3.40. The fourth-order valence-corrected chi connectivity index (χ4v) is 2.74. The van der Waals surface area contributed by atoms with Gasteiger partial charge < -0.3 is 10.2 Å². The van der Waals surface area contributed by atoms with E-state index in [1.54, 1.807) is 0 Å².